The number of carbonyl (C=O) groups excluding carboxylic acids is 4. The van der Waals surface area contributed by atoms with E-state index in [1.807, 2.05) is 13.8 Å². The van der Waals surface area contributed by atoms with Gasteiger partial charge < -0.3 is 34.9 Å². The molecule has 3 fully saturated rings. The van der Waals surface area contributed by atoms with E-state index in [9.17, 15) is 29.4 Å². The van der Waals surface area contributed by atoms with Gasteiger partial charge in [0.25, 0.3) is 0 Å². The summed E-state index contributed by atoms with van der Waals surface area (Å²) in [5, 5.41) is 22.1. The first kappa shape index (κ1) is 40.1. The molecule has 11 heteroatoms. The average molecular weight is 726 g/mol. The van der Waals surface area contributed by atoms with Gasteiger partial charge in [-0.2, -0.15) is 0 Å². The first-order valence-corrected chi connectivity index (χ1v) is 19.4. The highest BCUT2D eigenvalue weighted by Crippen LogP contribution is 2.68. The molecule has 4 aliphatic rings. The molecule has 1 aromatic rings. The predicted octanol–water partition coefficient (Wildman–Crippen LogP) is 6.14. The van der Waals surface area contributed by atoms with Crippen molar-refractivity contribution < 1.29 is 48.3 Å². The average Bonchev–Trinajstić information content (AvgIpc) is 3.40. The van der Waals surface area contributed by atoms with Crippen molar-refractivity contribution in [2.75, 3.05) is 13.2 Å². The summed E-state index contributed by atoms with van der Waals surface area (Å²) in [5.41, 5.74) is 5.29. The first-order chi connectivity index (χ1) is 24.8. The van der Waals surface area contributed by atoms with Gasteiger partial charge in [-0.05, 0) is 105 Å². The molecule has 0 amide bonds. The number of esters is 1. The zero-order valence-corrected chi connectivity index (χ0v) is 31.4. The molecule has 11 nitrogen and oxygen atoms in total. The van der Waals surface area contributed by atoms with Crippen molar-refractivity contribution in [3.05, 3.63) is 41.5 Å². The Kier molecular flexibility index (Phi) is 13.0. The van der Waals surface area contributed by atoms with Crippen LogP contribution in [-0.2, 0) is 35.0 Å². The van der Waals surface area contributed by atoms with Crippen LogP contribution in [0.3, 0.4) is 0 Å². The molecule has 9 atom stereocenters. The minimum atomic E-state index is -1.57. The number of hydrogen-bond donors (Lipinski definition) is 3. The summed E-state index contributed by atoms with van der Waals surface area (Å²) >= 11 is 0. The predicted molar refractivity (Wildman–Crippen MR) is 193 cm³/mol. The molecule has 0 spiro atoms. The van der Waals surface area contributed by atoms with Crippen LogP contribution in [0.5, 0.6) is 5.75 Å². The molecule has 0 aromatic heterocycles. The van der Waals surface area contributed by atoms with E-state index in [0.29, 0.717) is 38.7 Å². The number of rotatable bonds is 16. The Bertz CT molecular complexity index is 1480. The molecule has 0 radical (unpaired) electrons. The van der Waals surface area contributed by atoms with Gasteiger partial charge in [0.2, 0.25) is 5.78 Å². The number of aliphatic hydroxyl groups is 2. The second-order valence-electron chi connectivity index (χ2n) is 16.1. The molecule has 0 bridgehead atoms. The fourth-order valence-electron chi connectivity index (χ4n) is 10.0. The lowest BCUT2D eigenvalue weighted by molar-refractivity contribution is -0.202. The molecular formula is C41H59NO10. The van der Waals surface area contributed by atoms with Gasteiger partial charge in [0, 0.05) is 24.9 Å². The minimum Gasteiger partial charge on any atom is -0.450 e. The van der Waals surface area contributed by atoms with E-state index in [1.54, 1.807) is 30.3 Å². The van der Waals surface area contributed by atoms with Crippen LogP contribution in [0.1, 0.15) is 117 Å². The maximum Gasteiger partial charge on any atom is 0.514 e. The number of allylic oxidation sites excluding steroid dienone is 1. The highest BCUT2D eigenvalue weighted by molar-refractivity contribution is 5.93. The molecule has 9 unspecified atom stereocenters. The molecule has 0 heterocycles. The molecular weight excluding hydrogens is 666 g/mol. The Labute approximate surface area is 308 Å². The Morgan fingerprint density at radius 2 is 1.73 bits per heavy atom. The third-order valence-electron chi connectivity index (χ3n) is 12.8. The maximum atomic E-state index is 14.3. The van der Waals surface area contributed by atoms with Crippen molar-refractivity contribution in [2.24, 2.45) is 34.3 Å². The number of hydrogen-bond acceptors (Lipinski definition) is 11. The molecule has 3 saturated carbocycles. The third kappa shape index (κ3) is 8.17. The van der Waals surface area contributed by atoms with Crippen molar-refractivity contribution in [1.82, 2.24) is 0 Å². The number of fused-ring (bicyclic) bond motifs is 5. The van der Waals surface area contributed by atoms with Crippen molar-refractivity contribution in [3.8, 4) is 5.75 Å². The van der Waals surface area contributed by atoms with Crippen LogP contribution in [0.25, 0.3) is 0 Å². The van der Waals surface area contributed by atoms with Crippen LogP contribution in [0.2, 0.25) is 0 Å². The molecule has 0 aliphatic heterocycles. The molecule has 5 rings (SSSR count). The standard InChI is InChI=1S/C41H59NO10/c1-5-7-9-21-49-37(47)32(42)22-26-11-14-29(15-12-26)51-38(48)50-25-34(45)41(52-35(46)10-8-6-2)20-18-31-30-16-13-27-23-28(43)17-19-39(27,3)36(30)33(44)24-40(31,41)4/h11-12,14-15,23,30-33,36-37,44,47H,5-10,13,16-22,24-25,42H2,1-4H3. The minimum absolute atomic E-state index is 0.00727. The fourth-order valence-corrected chi connectivity index (χ4v) is 10.0. The van der Waals surface area contributed by atoms with Gasteiger partial charge in [-0.3, -0.25) is 14.4 Å². The number of Topliss-reactive ketones (excluding diaryl/α,β-unsaturated/α-hetero) is 1. The summed E-state index contributed by atoms with van der Waals surface area (Å²) in [6.07, 6.45) is 7.55. The van der Waals surface area contributed by atoms with Gasteiger partial charge in [-0.15, -0.1) is 0 Å². The summed E-state index contributed by atoms with van der Waals surface area (Å²) < 4.78 is 22.4. The highest BCUT2D eigenvalue weighted by Gasteiger charge is 2.70. The molecule has 288 valence electrons. The lowest BCUT2D eigenvalue weighted by atomic mass is 9.45. The van der Waals surface area contributed by atoms with Crippen LogP contribution in [0.15, 0.2) is 35.9 Å². The Morgan fingerprint density at radius 1 is 1.00 bits per heavy atom. The number of aliphatic hydroxyl groups excluding tert-OH is 2. The van der Waals surface area contributed by atoms with E-state index in [2.05, 4.69) is 13.8 Å². The number of nitrogens with two attached hydrogens (primary N) is 1. The number of unbranched alkanes of at least 4 members (excludes halogenated alkanes) is 3. The number of benzene rings is 1. The van der Waals surface area contributed by atoms with Gasteiger partial charge in [-0.1, -0.05) is 64.7 Å². The van der Waals surface area contributed by atoms with E-state index < -0.39 is 54.0 Å². The smallest absolute Gasteiger partial charge is 0.450 e. The summed E-state index contributed by atoms with van der Waals surface area (Å²) in [6, 6.07) is 5.96. The van der Waals surface area contributed by atoms with E-state index in [-0.39, 0.29) is 54.0 Å². The molecule has 1 aromatic carbocycles. The van der Waals surface area contributed by atoms with Gasteiger partial charge >= 0.3 is 12.1 Å². The van der Waals surface area contributed by atoms with Crippen LogP contribution in [0, 0.1) is 28.6 Å². The van der Waals surface area contributed by atoms with Gasteiger partial charge in [0.05, 0.1) is 12.1 Å². The third-order valence-corrected chi connectivity index (χ3v) is 12.8. The summed E-state index contributed by atoms with van der Waals surface area (Å²) in [7, 11) is 0. The zero-order valence-electron chi connectivity index (χ0n) is 31.4. The fraction of sp³-hybridized carbons (Fsp3) is 0.707. The second kappa shape index (κ2) is 16.9. The summed E-state index contributed by atoms with van der Waals surface area (Å²) in [4.78, 5) is 52.7. The number of carbonyl (C=O) groups is 4. The first-order valence-electron chi connectivity index (χ1n) is 19.4. The van der Waals surface area contributed by atoms with Crippen LogP contribution < -0.4 is 10.5 Å². The summed E-state index contributed by atoms with van der Waals surface area (Å²) in [6.45, 7) is 7.98. The SMILES string of the molecule is CCCCCOC(O)C(N)Cc1ccc(OC(=O)OCC(=O)C2(OC(=O)CCCC)CCC3C4CCC5=CC(=O)CCC5(C)C4C(O)CC32C)cc1. The van der Waals surface area contributed by atoms with E-state index >= 15 is 0 Å². The Morgan fingerprint density at radius 3 is 2.44 bits per heavy atom. The second-order valence-corrected chi connectivity index (χ2v) is 16.1. The van der Waals surface area contributed by atoms with Crippen molar-refractivity contribution >= 4 is 23.7 Å². The lowest BCUT2D eigenvalue weighted by Crippen LogP contribution is -2.63. The summed E-state index contributed by atoms with van der Waals surface area (Å²) in [5.74, 6) is -0.646. The highest BCUT2D eigenvalue weighted by atomic mass is 16.7. The van der Waals surface area contributed by atoms with Gasteiger partial charge in [-0.25, -0.2) is 4.79 Å². The lowest BCUT2D eigenvalue weighted by Gasteiger charge is -2.60. The number of ketones is 2. The molecule has 4 N–H and O–H groups in total. The Balaban J connectivity index is 1.25. The Hall–Kier alpha value is -3.12. The normalized spacial score (nSPS) is 32.1. The van der Waals surface area contributed by atoms with Gasteiger partial charge in [0.15, 0.2) is 24.3 Å². The van der Waals surface area contributed by atoms with E-state index in [0.717, 1.165) is 49.7 Å². The van der Waals surface area contributed by atoms with Crippen LogP contribution in [0.4, 0.5) is 4.79 Å². The van der Waals surface area contributed by atoms with Crippen molar-refractivity contribution in [1.29, 1.82) is 0 Å². The van der Waals surface area contributed by atoms with Crippen molar-refractivity contribution in [3.63, 3.8) is 0 Å². The largest absolute Gasteiger partial charge is 0.514 e. The molecule has 0 saturated heterocycles. The van der Waals surface area contributed by atoms with E-state index in [1.165, 1.54) is 0 Å². The van der Waals surface area contributed by atoms with E-state index in [4.69, 9.17) is 24.7 Å². The van der Waals surface area contributed by atoms with Crippen LogP contribution in [-0.4, -0.2) is 71.2 Å². The zero-order chi connectivity index (χ0) is 37.7. The quantitative estimate of drug-likeness (QED) is 0.0774. The topological polar surface area (TPSA) is 172 Å². The molecule has 4 aliphatic carbocycles. The van der Waals surface area contributed by atoms with Crippen molar-refractivity contribution in [2.45, 2.75) is 142 Å². The van der Waals surface area contributed by atoms with Gasteiger partial charge in [0.1, 0.15) is 5.75 Å². The maximum absolute atomic E-state index is 14.3. The molecule has 52 heavy (non-hydrogen) atoms. The number of ether oxygens (including phenoxy) is 4. The monoisotopic (exact) mass is 725 g/mol. The van der Waals surface area contributed by atoms with Crippen LogP contribution >= 0.6 is 0 Å².